The van der Waals surface area contributed by atoms with E-state index in [1.54, 1.807) is 24.1 Å². The fraction of sp³-hybridized carbons (Fsp3) is 0.136. The Hall–Kier alpha value is -3.19. The molecule has 0 aliphatic carbocycles. The quantitative estimate of drug-likeness (QED) is 0.347. The van der Waals surface area contributed by atoms with Crippen molar-refractivity contribution in [3.05, 3.63) is 72.0 Å². The average molecular weight is 409 g/mol. The first-order valence-corrected chi connectivity index (χ1v) is 10.3. The van der Waals surface area contributed by atoms with Gasteiger partial charge in [-0.2, -0.15) is 5.10 Å². The molecule has 0 aliphatic heterocycles. The SMILES string of the molecule is CCSNc1ccc(-c2cccc3[nH]nc(N)c23)cc1OCc1ccc(F)cc1. The molecule has 1 aromatic heterocycles. The summed E-state index contributed by atoms with van der Waals surface area (Å²) in [7, 11) is 0. The van der Waals surface area contributed by atoms with Gasteiger partial charge in [-0.3, -0.25) is 5.10 Å². The van der Waals surface area contributed by atoms with Gasteiger partial charge in [0.25, 0.3) is 0 Å². The third-order valence-electron chi connectivity index (χ3n) is 4.54. The summed E-state index contributed by atoms with van der Waals surface area (Å²) in [6.07, 6.45) is 0. The molecule has 0 saturated carbocycles. The molecule has 5 nitrogen and oxygen atoms in total. The number of anilines is 2. The second-order valence-corrected chi connectivity index (χ2v) is 7.57. The van der Waals surface area contributed by atoms with Gasteiger partial charge in [0.1, 0.15) is 18.2 Å². The molecule has 7 heteroatoms. The zero-order valence-electron chi connectivity index (χ0n) is 15.9. The van der Waals surface area contributed by atoms with Crippen LogP contribution in [-0.2, 0) is 6.61 Å². The molecule has 4 N–H and O–H groups in total. The first-order chi connectivity index (χ1) is 14.2. The van der Waals surface area contributed by atoms with Crippen molar-refractivity contribution < 1.29 is 9.13 Å². The molecule has 148 valence electrons. The summed E-state index contributed by atoms with van der Waals surface area (Å²) >= 11 is 1.59. The van der Waals surface area contributed by atoms with Crippen molar-refractivity contribution in [3.63, 3.8) is 0 Å². The van der Waals surface area contributed by atoms with Gasteiger partial charge in [-0.1, -0.05) is 49.2 Å². The minimum atomic E-state index is -0.261. The number of nitrogens with zero attached hydrogens (tertiary/aromatic N) is 1. The maximum Gasteiger partial charge on any atom is 0.153 e. The van der Waals surface area contributed by atoms with Crippen LogP contribution in [0.2, 0.25) is 0 Å². The van der Waals surface area contributed by atoms with Crippen LogP contribution in [0.25, 0.3) is 22.0 Å². The van der Waals surface area contributed by atoms with Gasteiger partial charge >= 0.3 is 0 Å². The van der Waals surface area contributed by atoms with Crippen LogP contribution in [0.4, 0.5) is 15.9 Å². The van der Waals surface area contributed by atoms with Gasteiger partial charge in [-0.05, 0) is 47.0 Å². The number of rotatable bonds is 7. The Balaban J connectivity index is 1.69. The molecule has 0 bridgehead atoms. The molecule has 0 spiro atoms. The number of hydrogen-bond donors (Lipinski definition) is 3. The molecule has 0 radical (unpaired) electrons. The first-order valence-electron chi connectivity index (χ1n) is 9.27. The van der Waals surface area contributed by atoms with E-state index in [0.717, 1.165) is 39.0 Å². The Morgan fingerprint density at radius 2 is 1.97 bits per heavy atom. The predicted octanol–water partition coefficient (Wildman–Crippen LogP) is 5.61. The minimum absolute atomic E-state index is 0.261. The van der Waals surface area contributed by atoms with Crippen LogP contribution >= 0.6 is 11.9 Å². The number of ether oxygens (including phenoxy) is 1. The summed E-state index contributed by atoms with van der Waals surface area (Å²) in [5.41, 5.74) is 10.7. The van der Waals surface area contributed by atoms with E-state index in [0.29, 0.717) is 18.2 Å². The van der Waals surface area contributed by atoms with E-state index in [4.69, 9.17) is 10.5 Å². The molecule has 0 saturated heterocycles. The lowest BCUT2D eigenvalue weighted by atomic mass is 10.0. The lowest BCUT2D eigenvalue weighted by Crippen LogP contribution is -1.99. The number of halogens is 1. The Labute approximate surface area is 172 Å². The topological polar surface area (TPSA) is 76.0 Å². The third kappa shape index (κ3) is 4.14. The van der Waals surface area contributed by atoms with E-state index in [1.165, 1.54) is 12.1 Å². The van der Waals surface area contributed by atoms with Crippen LogP contribution in [0.5, 0.6) is 5.75 Å². The van der Waals surface area contributed by atoms with Crippen LogP contribution in [0, 0.1) is 5.82 Å². The van der Waals surface area contributed by atoms with Crippen molar-refractivity contribution in [2.45, 2.75) is 13.5 Å². The summed E-state index contributed by atoms with van der Waals surface area (Å²) in [4.78, 5) is 0. The molecule has 3 aromatic carbocycles. The van der Waals surface area contributed by atoms with E-state index >= 15 is 0 Å². The summed E-state index contributed by atoms with van der Waals surface area (Å²) in [5, 5.41) is 7.96. The van der Waals surface area contributed by atoms with Gasteiger partial charge in [0, 0.05) is 5.75 Å². The van der Waals surface area contributed by atoms with Crippen molar-refractivity contribution in [2.24, 2.45) is 0 Å². The number of fused-ring (bicyclic) bond motifs is 1. The van der Waals surface area contributed by atoms with E-state index in [-0.39, 0.29) is 5.82 Å². The zero-order chi connectivity index (χ0) is 20.2. The normalized spacial score (nSPS) is 11.0. The largest absolute Gasteiger partial charge is 0.487 e. The molecular weight excluding hydrogens is 387 g/mol. The number of nitrogens with one attached hydrogen (secondary N) is 2. The highest BCUT2D eigenvalue weighted by Gasteiger charge is 2.13. The third-order valence-corrected chi connectivity index (χ3v) is 5.20. The van der Waals surface area contributed by atoms with Gasteiger partial charge in [0.2, 0.25) is 0 Å². The highest BCUT2D eigenvalue weighted by molar-refractivity contribution is 8.00. The molecule has 0 fully saturated rings. The number of H-pyrrole nitrogens is 1. The number of nitrogen functional groups attached to an aromatic ring is 1. The molecule has 1 heterocycles. The monoisotopic (exact) mass is 408 g/mol. The zero-order valence-corrected chi connectivity index (χ0v) is 16.7. The molecule has 29 heavy (non-hydrogen) atoms. The Bertz CT molecular complexity index is 1130. The van der Waals surface area contributed by atoms with E-state index in [9.17, 15) is 4.39 Å². The van der Waals surface area contributed by atoms with E-state index in [1.807, 2.05) is 36.4 Å². The van der Waals surface area contributed by atoms with Crippen LogP contribution in [-0.4, -0.2) is 16.0 Å². The standard InChI is InChI=1S/C22H21FN4OS/c1-2-29-27-18-11-8-15(17-4-3-5-19-21(17)22(24)26-25-19)12-20(18)28-13-14-6-9-16(23)10-7-14/h3-12,27H,2,13H2,1H3,(H3,24,25,26). The molecule has 4 aromatic rings. The van der Waals surface area contributed by atoms with Crippen molar-refractivity contribution >= 4 is 34.4 Å². The van der Waals surface area contributed by atoms with Gasteiger partial charge in [0.15, 0.2) is 5.82 Å². The smallest absolute Gasteiger partial charge is 0.153 e. The van der Waals surface area contributed by atoms with Crippen molar-refractivity contribution in [1.29, 1.82) is 0 Å². The van der Waals surface area contributed by atoms with Crippen molar-refractivity contribution in [1.82, 2.24) is 10.2 Å². The summed E-state index contributed by atoms with van der Waals surface area (Å²) in [6.45, 7) is 2.42. The highest BCUT2D eigenvalue weighted by atomic mass is 32.2. The summed E-state index contributed by atoms with van der Waals surface area (Å²) in [6, 6.07) is 18.3. The predicted molar refractivity (Wildman–Crippen MR) is 118 cm³/mol. The van der Waals surface area contributed by atoms with Crippen LogP contribution in [0.1, 0.15) is 12.5 Å². The fourth-order valence-corrected chi connectivity index (χ4v) is 3.59. The fourth-order valence-electron chi connectivity index (χ4n) is 3.12. The maximum absolute atomic E-state index is 13.2. The van der Waals surface area contributed by atoms with E-state index < -0.39 is 0 Å². The second-order valence-electron chi connectivity index (χ2n) is 6.50. The molecule has 0 atom stereocenters. The van der Waals surface area contributed by atoms with Crippen LogP contribution in [0.3, 0.4) is 0 Å². The van der Waals surface area contributed by atoms with Crippen molar-refractivity contribution in [3.8, 4) is 16.9 Å². The first kappa shape index (κ1) is 19.1. The average Bonchev–Trinajstić information content (AvgIpc) is 3.13. The van der Waals surface area contributed by atoms with Gasteiger partial charge < -0.3 is 15.2 Å². The van der Waals surface area contributed by atoms with Gasteiger partial charge in [-0.25, -0.2) is 4.39 Å². The number of aromatic nitrogens is 2. The highest BCUT2D eigenvalue weighted by Crippen LogP contribution is 2.37. The molecule has 0 unspecified atom stereocenters. The molecular formula is C22H21FN4OS. The van der Waals surface area contributed by atoms with Gasteiger partial charge in [-0.15, -0.1) is 0 Å². The Kier molecular flexibility index (Phi) is 5.57. The summed E-state index contributed by atoms with van der Waals surface area (Å²) < 4.78 is 22.6. The van der Waals surface area contributed by atoms with E-state index in [2.05, 4.69) is 21.8 Å². The number of benzene rings is 3. The summed E-state index contributed by atoms with van der Waals surface area (Å²) in [5.74, 6) is 1.84. The van der Waals surface area contributed by atoms with Crippen LogP contribution < -0.4 is 15.2 Å². The molecule has 0 amide bonds. The molecule has 4 rings (SSSR count). The maximum atomic E-state index is 13.2. The Morgan fingerprint density at radius 1 is 1.14 bits per heavy atom. The number of nitrogens with two attached hydrogens (primary N) is 1. The molecule has 0 aliphatic rings. The lowest BCUT2D eigenvalue weighted by Gasteiger charge is -2.15. The minimum Gasteiger partial charge on any atom is -0.487 e. The van der Waals surface area contributed by atoms with Crippen molar-refractivity contribution in [2.75, 3.05) is 16.2 Å². The number of aromatic amines is 1. The Morgan fingerprint density at radius 3 is 2.76 bits per heavy atom. The lowest BCUT2D eigenvalue weighted by molar-refractivity contribution is 0.308. The van der Waals surface area contributed by atoms with Crippen LogP contribution in [0.15, 0.2) is 60.7 Å². The second kappa shape index (κ2) is 8.45. The number of hydrogen-bond acceptors (Lipinski definition) is 5. The van der Waals surface area contributed by atoms with Gasteiger partial charge in [0.05, 0.1) is 16.6 Å².